The second-order valence-corrected chi connectivity index (χ2v) is 2.98. The van der Waals surface area contributed by atoms with Gasteiger partial charge in [0.2, 0.25) is 0 Å². The van der Waals surface area contributed by atoms with Crippen molar-refractivity contribution in [3.05, 3.63) is 35.1 Å². The fourth-order valence-electron chi connectivity index (χ4n) is 1.13. The van der Waals surface area contributed by atoms with Gasteiger partial charge in [-0.1, -0.05) is 12.1 Å². The molecule has 0 saturated carbocycles. The first-order valence-electron chi connectivity index (χ1n) is 4.23. The summed E-state index contributed by atoms with van der Waals surface area (Å²) in [7, 11) is 0. The Balaban J connectivity index is 2.71. The maximum Gasteiger partial charge on any atom is 0.303 e. The van der Waals surface area contributed by atoms with E-state index in [0.717, 1.165) is 0 Å². The Morgan fingerprint density at radius 1 is 1.43 bits per heavy atom. The van der Waals surface area contributed by atoms with Gasteiger partial charge >= 0.3 is 5.97 Å². The van der Waals surface area contributed by atoms with E-state index in [1.807, 2.05) is 0 Å². The van der Waals surface area contributed by atoms with Crippen LogP contribution in [0.25, 0.3) is 0 Å². The topological polar surface area (TPSA) is 57.5 Å². The molecule has 0 bridgehead atoms. The summed E-state index contributed by atoms with van der Waals surface area (Å²) in [6.07, 6.45) is 0.288. The van der Waals surface area contributed by atoms with Crippen molar-refractivity contribution in [3.8, 4) is 0 Å². The van der Waals surface area contributed by atoms with Gasteiger partial charge in [0.05, 0.1) is 6.61 Å². The molecule has 0 aliphatic carbocycles. The van der Waals surface area contributed by atoms with E-state index >= 15 is 0 Å². The monoisotopic (exact) mass is 198 g/mol. The lowest BCUT2D eigenvalue weighted by Gasteiger charge is -2.02. The van der Waals surface area contributed by atoms with E-state index in [-0.39, 0.29) is 18.6 Å². The van der Waals surface area contributed by atoms with E-state index in [2.05, 4.69) is 0 Å². The lowest BCUT2D eigenvalue weighted by Crippen LogP contribution is -1.99. The molecule has 14 heavy (non-hydrogen) atoms. The smallest absolute Gasteiger partial charge is 0.303 e. The second-order valence-electron chi connectivity index (χ2n) is 2.98. The van der Waals surface area contributed by atoms with Crippen LogP contribution in [-0.4, -0.2) is 16.2 Å². The maximum absolute atomic E-state index is 13.1. The summed E-state index contributed by atoms with van der Waals surface area (Å²) in [5, 5.41) is 17.1. The Morgan fingerprint density at radius 3 is 2.64 bits per heavy atom. The number of hydrogen-bond donors (Lipinski definition) is 2. The van der Waals surface area contributed by atoms with Gasteiger partial charge in [-0.25, -0.2) is 4.39 Å². The summed E-state index contributed by atoms with van der Waals surface area (Å²) < 4.78 is 13.1. The van der Waals surface area contributed by atoms with E-state index in [0.29, 0.717) is 12.0 Å². The van der Waals surface area contributed by atoms with Crippen molar-refractivity contribution < 1.29 is 19.4 Å². The molecule has 0 aliphatic rings. The zero-order valence-electron chi connectivity index (χ0n) is 7.53. The third-order valence-corrected chi connectivity index (χ3v) is 1.92. The van der Waals surface area contributed by atoms with Crippen molar-refractivity contribution in [2.75, 3.05) is 0 Å². The lowest BCUT2D eigenvalue weighted by atomic mass is 10.1. The Hall–Kier alpha value is -1.42. The van der Waals surface area contributed by atoms with E-state index in [4.69, 9.17) is 10.2 Å². The maximum atomic E-state index is 13.1. The summed E-state index contributed by atoms with van der Waals surface area (Å²) in [5.74, 6) is -1.40. The third-order valence-electron chi connectivity index (χ3n) is 1.92. The van der Waals surface area contributed by atoms with Crippen LogP contribution in [0.2, 0.25) is 0 Å². The zero-order valence-corrected chi connectivity index (χ0v) is 7.53. The molecule has 1 rings (SSSR count). The molecule has 0 spiro atoms. The molecule has 3 nitrogen and oxygen atoms in total. The Labute approximate surface area is 80.8 Å². The summed E-state index contributed by atoms with van der Waals surface area (Å²) in [4.78, 5) is 10.2. The van der Waals surface area contributed by atoms with Gasteiger partial charge in [-0.3, -0.25) is 4.79 Å². The Morgan fingerprint density at radius 2 is 2.14 bits per heavy atom. The van der Waals surface area contributed by atoms with Crippen LogP contribution in [0.3, 0.4) is 0 Å². The highest BCUT2D eigenvalue weighted by atomic mass is 19.1. The number of aliphatic hydroxyl groups excluding tert-OH is 1. The van der Waals surface area contributed by atoms with E-state index in [9.17, 15) is 9.18 Å². The highest BCUT2D eigenvalue weighted by Gasteiger charge is 2.04. The molecule has 0 atom stereocenters. The molecule has 0 radical (unpaired) electrons. The lowest BCUT2D eigenvalue weighted by molar-refractivity contribution is -0.136. The van der Waals surface area contributed by atoms with Gasteiger partial charge < -0.3 is 10.2 Å². The molecule has 0 aliphatic heterocycles. The van der Waals surface area contributed by atoms with Gasteiger partial charge in [0.1, 0.15) is 5.82 Å². The van der Waals surface area contributed by atoms with Crippen LogP contribution in [0.5, 0.6) is 0 Å². The van der Waals surface area contributed by atoms with Crippen molar-refractivity contribution in [2.45, 2.75) is 19.4 Å². The number of carboxylic acid groups (broad SMARTS) is 1. The van der Waals surface area contributed by atoms with Crippen LogP contribution < -0.4 is 0 Å². The van der Waals surface area contributed by atoms with Crippen molar-refractivity contribution in [1.29, 1.82) is 0 Å². The van der Waals surface area contributed by atoms with Gasteiger partial charge in [0, 0.05) is 12.0 Å². The van der Waals surface area contributed by atoms with Crippen LogP contribution in [0, 0.1) is 5.82 Å². The normalized spacial score (nSPS) is 10.1. The number of carbonyl (C=O) groups is 1. The molecule has 4 heteroatoms. The molecular weight excluding hydrogens is 187 g/mol. The first kappa shape index (κ1) is 10.7. The highest BCUT2D eigenvalue weighted by molar-refractivity contribution is 5.67. The Bertz CT molecular complexity index is 336. The number of benzene rings is 1. The summed E-state index contributed by atoms with van der Waals surface area (Å²) in [6.45, 7) is -0.342. The predicted molar refractivity (Wildman–Crippen MR) is 48.3 cm³/mol. The predicted octanol–water partition coefficient (Wildman–Crippen LogP) is 1.34. The number of halogens is 1. The molecule has 76 valence electrons. The first-order chi connectivity index (χ1) is 6.63. The van der Waals surface area contributed by atoms with Crippen LogP contribution in [0.4, 0.5) is 4.39 Å². The highest BCUT2D eigenvalue weighted by Crippen LogP contribution is 2.11. The number of carboxylic acids is 1. The fraction of sp³-hybridized carbons (Fsp3) is 0.300. The molecular formula is C10H11FO3. The number of aliphatic hydroxyl groups is 1. The number of hydrogen-bond acceptors (Lipinski definition) is 2. The van der Waals surface area contributed by atoms with Crippen molar-refractivity contribution in [1.82, 2.24) is 0 Å². The SMILES string of the molecule is O=C(O)CCc1ccc(CO)c(F)c1. The molecule has 0 amide bonds. The molecule has 2 N–H and O–H groups in total. The van der Waals surface area contributed by atoms with E-state index < -0.39 is 11.8 Å². The van der Waals surface area contributed by atoms with Crippen molar-refractivity contribution in [2.24, 2.45) is 0 Å². The average Bonchev–Trinajstić information content (AvgIpc) is 2.15. The molecule has 1 aromatic carbocycles. The van der Waals surface area contributed by atoms with Crippen LogP contribution in [-0.2, 0) is 17.8 Å². The Kier molecular flexibility index (Phi) is 3.59. The number of rotatable bonds is 4. The standard InChI is InChI=1S/C10H11FO3/c11-9-5-7(2-4-10(13)14)1-3-8(9)6-12/h1,3,5,12H,2,4,6H2,(H,13,14). The second kappa shape index (κ2) is 4.72. The van der Waals surface area contributed by atoms with Crippen LogP contribution in [0.15, 0.2) is 18.2 Å². The molecule has 1 aromatic rings. The fourth-order valence-corrected chi connectivity index (χ4v) is 1.13. The number of aliphatic carboxylic acids is 1. The van der Waals surface area contributed by atoms with Gasteiger partial charge in [-0.2, -0.15) is 0 Å². The van der Waals surface area contributed by atoms with Gasteiger partial charge in [-0.15, -0.1) is 0 Å². The van der Waals surface area contributed by atoms with Gasteiger partial charge in [0.25, 0.3) is 0 Å². The zero-order chi connectivity index (χ0) is 10.6. The van der Waals surface area contributed by atoms with Gasteiger partial charge in [-0.05, 0) is 18.1 Å². The van der Waals surface area contributed by atoms with E-state index in [1.165, 1.54) is 12.1 Å². The summed E-state index contributed by atoms with van der Waals surface area (Å²) in [6, 6.07) is 4.35. The van der Waals surface area contributed by atoms with Gasteiger partial charge in [0.15, 0.2) is 0 Å². The minimum atomic E-state index is -0.906. The first-order valence-corrected chi connectivity index (χ1v) is 4.23. The molecule has 0 aromatic heterocycles. The molecule has 0 saturated heterocycles. The molecule has 0 fully saturated rings. The molecule has 0 heterocycles. The van der Waals surface area contributed by atoms with Crippen molar-refractivity contribution >= 4 is 5.97 Å². The summed E-state index contributed by atoms with van der Waals surface area (Å²) in [5.41, 5.74) is 0.853. The number of aryl methyl sites for hydroxylation is 1. The minimum absolute atomic E-state index is 0.0160. The van der Waals surface area contributed by atoms with Crippen molar-refractivity contribution in [3.63, 3.8) is 0 Å². The minimum Gasteiger partial charge on any atom is -0.481 e. The average molecular weight is 198 g/mol. The van der Waals surface area contributed by atoms with Crippen LogP contribution in [0.1, 0.15) is 17.5 Å². The largest absolute Gasteiger partial charge is 0.481 e. The quantitative estimate of drug-likeness (QED) is 0.767. The van der Waals surface area contributed by atoms with Crippen LogP contribution >= 0.6 is 0 Å². The molecule has 0 unspecified atom stereocenters. The van der Waals surface area contributed by atoms with E-state index in [1.54, 1.807) is 6.07 Å². The summed E-state index contributed by atoms with van der Waals surface area (Å²) >= 11 is 0. The third kappa shape index (κ3) is 2.81.